The lowest BCUT2D eigenvalue weighted by Gasteiger charge is -2.03. The molecule has 0 amide bonds. The van der Waals surface area contributed by atoms with Crippen molar-refractivity contribution in [2.24, 2.45) is 0 Å². The van der Waals surface area contributed by atoms with Gasteiger partial charge in [-0.25, -0.2) is 18.7 Å². The maximum atomic E-state index is 13.0. The highest BCUT2D eigenvalue weighted by atomic mass is 35.5. The molecule has 19 heavy (non-hydrogen) atoms. The second-order valence-corrected chi connectivity index (χ2v) is 4.67. The highest BCUT2D eigenvalue weighted by molar-refractivity contribution is 7.99. The average Bonchev–Trinajstić information content (AvgIpc) is 2.33. The quantitative estimate of drug-likeness (QED) is 0.493. The zero-order chi connectivity index (χ0) is 14.0. The van der Waals surface area contributed by atoms with Crippen LogP contribution in [0.25, 0.3) is 0 Å². The Bertz CT molecular complexity index is 657. The van der Waals surface area contributed by atoms with Crippen LogP contribution >= 0.6 is 23.4 Å². The lowest BCUT2D eigenvalue weighted by atomic mass is 10.3. The van der Waals surface area contributed by atoms with Crippen LogP contribution in [0.5, 0.6) is 0 Å². The van der Waals surface area contributed by atoms with E-state index >= 15 is 0 Å². The fraction of sp³-hybridized carbons (Fsp3) is 0. The zero-order valence-corrected chi connectivity index (χ0v) is 10.6. The Balaban J connectivity index is 2.40. The maximum Gasteiger partial charge on any atom is 0.338 e. The van der Waals surface area contributed by atoms with Gasteiger partial charge in [0.25, 0.3) is 0 Å². The lowest BCUT2D eigenvalue weighted by molar-refractivity contribution is -0.388. The third-order valence-corrected chi connectivity index (χ3v) is 3.29. The van der Waals surface area contributed by atoms with Gasteiger partial charge in [-0.05, 0) is 18.2 Å². The van der Waals surface area contributed by atoms with Crippen molar-refractivity contribution in [1.82, 2.24) is 9.97 Å². The third kappa shape index (κ3) is 2.96. The van der Waals surface area contributed by atoms with Crippen LogP contribution < -0.4 is 0 Å². The van der Waals surface area contributed by atoms with Gasteiger partial charge in [-0.2, -0.15) is 0 Å². The number of halogens is 3. The molecule has 0 aliphatic rings. The predicted octanol–water partition coefficient (Wildman–Crippen LogP) is 3.47. The van der Waals surface area contributed by atoms with Gasteiger partial charge < -0.3 is 0 Å². The first-order valence-corrected chi connectivity index (χ1v) is 5.96. The van der Waals surface area contributed by atoms with Crippen molar-refractivity contribution in [2.45, 2.75) is 9.92 Å². The topological polar surface area (TPSA) is 68.9 Å². The molecule has 0 unspecified atom stereocenters. The minimum absolute atomic E-state index is 0.0454. The van der Waals surface area contributed by atoms with Gasteiger partial charge in [-0.1, -0.05) is 23.4 Å². The van der Waals surface area contributed by atoms with Crippen molar-refractivity contribution in [3.63, 3.8) is 0 Å². The van der Waals surface area contributed by atoms with E-state index in [0.717, 1.165) is 30.2 Å². The Kier molecular flexibility index (Phi) is 3.91. The molecule has 1 aromatic carbocycles. The summed E-state index contributed by atoms with van der Waals surface area (Å²) in [4.78, 5) is 17.6. The molecule has 2 rings (SSSR count). The first-order chi connectivity index (χ1) is 8.99. The average molecular weight is 304 g/mol. The van der Waals surface area contributed by atoms with E-state index < -0.39 is 22.2 Å². The Labute approximate surface area is 114 Å². The molecule has 0 fully saturated rings. The van der Waals surface area contributed by atoms with E-state index in [-0.39, 0.29) is 15.1 Å². The van der Waals surface area contributed by atoms with Crippen molar-refractivity contribution in [1.29, 1.82) is 0 Å². The molecule has 0 saturated carbocycles. The van der Waals surface area contributed by atoms with E-state index in [1.165, 1.54) is 6.07 Å². The molecule has 1 aromatic heterocycles. The minimum Gasteiger partial charge on any atom is -0.258 e. The summed E-state index contributed by atoms with van der Waals surface area (Å²) < 4.78 is 25.8. The standard InChI is InChI=1S/C10H4ClF2N3O2S/c11-9-8(16(17)18)10(15-4-14-9)19-5-1-2-6(12)7(13)3-5/h1-4H. The first kappa shape index (κ1) is 13.6. The summed E-state index contributed by atoms with van der Waals surface area (Å²) in [5.41, 5.74) is -0.473. The fourth-order valence-corrected chi connectivity index (χ4v) is 2.37. The Morgan fingerprint density at radius 1 is 1.26 bits per heavy atom. The number of hydrogen-bond acceptors (Lipinski definition) is 5. The number of rotatable bonds is 3. The molecule has 2 aromatic rings. The van der Waals surface area contributed by atoms with Gasteiger partial charge in [0, 0.05) is 4.90 Å². The van der Waals surface area contributed by atoms with Gasteiger partial charge >= 0.3 is 5.69 Å². The normalized spacial score (nSPS) is 10.5. The minimum atomic E-state index is -1.05. The van der Waals surface area contributed by atoms with E-state index in [0.29, 0.717) is 0 Å². The van der Waals surface area contributed by atoms with E-state index in [1.54, 1.807) is 0 Å². The van der Waals surface area contributed by atoms with E-state index in [1.807, 2.05) is 0 Å². The number of hydrogen-bond donors (Lipinski definition) is 0. The number of benzene rings is 1. The largest absolute Gasteiger partial charge is 0.338 e. The molecular weight excluding hydrogens is 300 g/mol. The van der Waals surface area contributed by atoms with Gasteiger partial charge in [0.1, 0.15) is 6.33 Å². The van der Waals surface area contributed by atoms with Crippen LogP contribution in [-0.4, -0.2) is 14.9 Å². The van der Waals surface area contributed by atoms with Gasteiger partial charge in [0.15, 0.2) is 16.7 Å². The Morgan fingerprint density at radius 2 is 2.00 bits per heavy atom. The number of aromatic nitrogens is 2. The molecule has 1 heterocycles. The van der Waals surface area contributed by atoms with Crippen LogP contribution in [0.15, 0.2) is 34.4 Å². The van der Waals surface area contributed by atoms with Crippen molar-refractivity contribution in [2.75, 3.05) is 0 Å². The molecular formula is C10H4ClF2N3O2S. The van der Waals surface area contributed by atoms with Gasteiger partial charge in [-0.15, -0.1) is 0 Å². The smallest absolute Gasteiger partial charge is 0.258 e. The van der Waals surface area contributed by atoms with Crippen molar-refractivity contribution in [3.8, 4) is 0 Å². The van der Waals surface area contributed by atoms with E-state index in [2.05, 4.69) is 9.97 Å². The summed E-state index contributed by atoms with van der Waals surface area (Å²) in [7, 11) is 0. The fourth-order valence-electron chi connectivity index (χ4n) is 1.22. The molecule has 98 valence electrons. The van der Waals surface area contributed by atoms with Gasteiger partial charge in [0.2, 0.25) is 5.15 Å². The lowest BCUT2D eigenvalue weighted by Crippen LogP contribution is -1.96. The number of nitrogens with zero attached hydrogens (tertiary/aromatic N) is 3. The zero-order valence-electron chi connectivity index (χ0n) is 9.01. The first-order valence-electron chi connectivity index (χ1n) is 4.77. The highest BCUT2D eigenvalue weighted by Crippen LogP contribution is 2.36. The van der Waals surface area contributed by atoms with Crippen LogP contribution in [0.2, 0.25) is 5.15 Å². The third-order valence-electron chi connectivity index (χ3n) is 2.03. The molecule has 0 saturated heterocycles. The monoisotopic (exact) mass is 303 g/mol. The second-order valence-electron chi connectivity index (χ2n) is 3.25. The summed E-state index contributed by atoms with van der Waals surface area (Å²) in [5.74, 6) is -2.05. The number of nitro groups is 1. The molecule has 9 heteroatoms. The van der Waals surface area contributed by atoms with Gasteiger partial charge in [0.05, 0.1) is 4.92 Å². The summed E-state index contributed by atoms with van der Waals surface area (Å²) in [6, 6.07) is 3.12. The molecule has 0 bridgehead atoms. The molecule has 5 nitrogen and oxygen atoms in total. The van der Waals surface area contributed by atoms with Crippen molar-refractivity contribution in [3.05, 3.63) is 51.4 Å². The summed E-state index contributed by atoms with van der Waals surface area (Å²) in [6.45, 7) is 0. The summed E-state index contributed by atoms with van der Waals surface area (Å²) >= 11 is 6.40. The maximum absolute atomic E-state index is 13.0. The van der Waals surface area contributed by atoms with Crippen LogP contribution in [-0.2, 0) is 0 Å². The van der Waals surface area contributed by atoms with Crippen LogP contribution in [0.3, 0.4) is 0 Å². The van der Waals surface area contributed by atoms with Crippen molar-refractivity contribution < 1.29 is 13.7 Å². The summed E-state index contributed by atoms with van der Waals surface area (Å²) in [5, 5.41) is 10.5. The van der Waals surface area contributed by atoms with Crippen LogP contribution in [0.4, 0.5) is 14.5 Å². The Morgan fingerprint density at radius 3 is 2.63 bits per heavy atom. The predicted molar refractivity (Wildman–Crippen MR) is 64.2 cm³/mol. The van der Waals surface area contributed by atoms with Crippen molar-refractivity contribution >= 4 is 29.1 Å². The molecule has 0 radical (unpaired) electrons. The van der Waals surface area contributed by atoms with Crippen LogP contribution in [0.1, 0.15) is 0 Å². The molecule has 0 aliphatic carbocycles. The second kappa shape index (κ2) is 5.45. The van der Waals surface area contributed by atoms with E-state index in [9.17, 15) is 18.9 Å². The summed E-state index contributed by atoms with van der Waals surface area (Å²) in [6.07, 6.45) is 1.05. The molecule has 0 N–H and O–H groups in total. The molecule has 0 spiro atoms. The van der Waals surface area contributed by atoms with Gasteiger partial charge in [-0.3, -0.25) is 10.1 Å². The Hall–Kier alpha value is -1.80. The molecule has 0 aliphatic heterocycles. The highest BCUT2D eigenvalue weighted by Gasteiger charge is 2.22. The van der Waals surface area contributed by atoms with Crippen LogP contribution in [0, 0.1) is 21.7 Å². The van der Waals surface area contributed by atoms with E-state index in [4.69, 9.17) is 11.6 Å². The SMILES string of the molecule is O=[N+]([O-])c1c(Cl)ncnc1Sc1ccc(F)c(F)c1. The molecule has 0 atom stereocenters.